The quantitative estimate of drug-likeness (QED) is 0.179. The number of likely N-dealkylation sites (tertiary alicyclic amines) is 1. The molecule has 0 bridgehead atoms. The largest absolute Gasteiger partial charge is 0.573 e. The Morgan fingerprint density at radius 1 is 1.31 bits per heavy atom. The number of alkyl halides is 3. The van der Waals surface area contributed by atoms with Crippen LogP contribution in [0.15, 0.2) is 24.2 Å². The number of rotatable bonds is 12. The first kappa shape index (κ1) is 28.8. The lowest BCUT2D eigenvalue weighted by Gasteiger charge is -2.32. The van der Waals surface area contributed by atoms with Gasteiger partial charge in [0.05, 0.1) is 32.4 Å². The molecule has 0 aromatic heterocycles. The third-order valence-electron chi connectivity index (χ3n) is 5.04. The first-order valence-electron chi connectivity index (χ1n) is 10.7. The number of piperidine rings is 1. The minimum absolute atomic E-state index is 0.0115. The van der Waals surface area contributed by atoms with E-state index < -0.39 is 53.3 Å². The zero-order valence-electron chi connectivity index (χ0n) is 19.1. The Morgan fingerprint density at radius 3 is 2.42 bits per heavy atom. The maximum Gasteiger partial charge on any atom is 0.573 e. The van der Waals surface area contributed by atoms with Crippen molar-refractivity contribution in [2.45, 2.75) is 31.3 Å². The van der Waals surface area contributed by atoms with Crippen LogP contribution in [0.5, 0.6) is 11.5 Å². The van der Waals surface area contributed by atoms with Gasteiger partial charge < -0.3 is 35.3 Å². The number of nitrogens with zero attached hydrogens (tertiary/aromatic N) is 2. The second-order valence-electron chi connectivity index (χ2n) is 7.75. The lowest BCUT2D eigenvalue weighted by Crippen LogP contribution is -2.49. The highest BCUT2D eigenvalue weighted by Gasteiger charge is 2.34. The summed E-state index contributed by atoms with van der Waals surface area (Å²) >= 11 is 0. The molecule has 1 saturated heterocycles. The van der Waals surface area contributed by atoms with Crippen LogP contribution in [0.4, 0.5) is 22.0 Å². The van der Waals surface area contributed by atoms with E-state index in [0.29, 0.717) is 38.1 Å². The summed E-state index contributed by atoms with van der Waals surface area (Å²) in [6, 6.07) is 0.509. The summed E-state index contributed by atoms with van der Waals surface area (Å²) in [5.74, 6) is -5.66. The predicted molar refractivity (Wildman–Crippen MR) is 114 cm³/mol. The highest BCUT2D eigenvalue weighted by molar-refractivity contribution is 5.78. The van der Waals surface area contributed by atoms with Crippen LogP contribution >= 0.6 is 0 Å². The third-order valence-corrected chi connectivity index (χ3v) is 5.04. The summed E-state index contributed by atoms with van der Waals surface area (Å²) < 4.78 is 73.3. The summed E-state index contributed by atoms with van der Waals surface area (Å²) in [5, 5.41) is 27.8. The number of hydrogen-bond acceptors (Lipinski definition) is 9. The molecule has 1 unspecified atom stereocenters. The molecule has 11 nitrogen and oxygen atoms in total. The van der Waals surface area contributed by atoms with Crippen molar-refractivity contribution >= 4 is 5.91 Å². The van der Waals surface area contributed by atoms with Crippen molar-refractivity contribution < 1.29 is 46.3 Å². The Morgan fingerprint density at radius 2 is 1.92 bits per heavy atom. The monoisotopic (exact) mass is 527 g/mol. The van der Waals surface area contributed by atoms with Crippen molar-refractivity contribution in [3.8, 4) is 11.5 Å². The number of amides is 1. The van der Waals surface area contributed by atoms with Crippen molar-refractivity contribution in [1.82, 2.24) is 20.9 Å². The highest BCUT2D eigenvalue weighted by atomic mass is 19.4. The molecule has 1 aromatic rings. The van der Waals surface area contributed by atoms with Gasteiger partial charge in [-0.3, -0.25) is 15.0 Å². The second kappa shape index (κ2) is 13.1. The Bertz CT molecular complexity index is 917. The van der Waals surface area contributed by atoms with Gasteiger partial charge in [-0.25, -0.2) is 8.78 Å². The van der Waals surface area contributed by atoms with Crippen molar-refractivity contribution in [3.63, 3.8) is 0 Å². The molecule has 2 rings (SSSR count). The first-order valence-corrected chi connectivity index (χ1v) is 10.7. The van der Waals surface area contributed by atoms with E-state index in [9.17, 15) is 42.0 Å². The molecule has 0 spiro atoms. The van der Waals surface area contributed by atoms with Crippen molar-refractivity contribution in [1.29, 1.82) is 0 Å². The molecular formula is C20H26F5N5O6. The fourth-order valence-electron chi connectivity index (χ4n) is 3.35. The molecule has 0 aliphatic carbocycles. The van der Waals surface area contributed by atoms with Gasteiger partial charge in [-0.15, -0.1) is 13.2 Å². The van der Waals surface area contributed by atoms with E-state index in [0.717, 1.165) is 6.20 Å². The molecule has 4 N–H and O–H groups in total. The molecule has 0 radical (unpaired) electrons. The van der Waals surface area contributed by atoms with Crippen LogP contribution < -0.4 is 25.4 Å². The van der Waals surface area contributed by atoms with Crippen LogP contribution in [-0.2, 0) is 4.79 Å². The third kappa shape index (κ3) is 9.33. The number of halogens is 5. The highest BCUT2D eigenvalue weighted by Crippen LogP contribution is 2.32. The number of carbonyl (C=O) groups is 1. The molecule has 1 aliphatic heterocycles. The van der Waals surface area contributed by atoms with E-state index in [-0.39, 0.29) is 24.7 Å². The minimum Gasteiger partial charge on any atom is -0.490 e. The molecule has 1 aliphatic rings. The average Bonchev–Trinajstić information content (AvgIpc) is 2.79. The van der Waals surface area contributed by atoms with Gasteiger partial charge in [-0.2, -0.15) is 0 Å². The minimum atomic E-state index is -5.25. The zero-order valence-corrected chi connectivity index (χ0v) is 19.1. The lowest BCUT2D eigenvalue weighted by molar-refractivity contribution is -0.431. The molecule has 1 amide bonds. The normalized spacial score (nSPS) is 16.2. The van der Waals surface area contributed by atoms with E-state index in [1.54, 1.807) is 4.90 Å². The molecule has 1 heterocycles. The van der Waals surface area contributed by atoms with Crippen LogP contribution in [0.2, 0.25) is 0 Å². The van der Waals surface area contributed by atoms with Gasteiger partial charge in [-0.05, 0) is 17.8 Å². The van der Waals surface area contributed by atoms with Gasteiger partial charge in [0.1, 0.15) is 11.9 Å². The van der Waals surface area contributed by atoms with E-state index >= 15 is 0 Å². The fourth-order valence-corrected chi connectivity index (χ4v) is 3.35. The first-order chi connectivity index (χ1) is 16.9. The summed E-state index contributed by atoms with van der Waals surface area (Å²) in [7, 11) is 1.37. The Balaban J connectivity index is 1.80. The van der Waals surface area contributed by atoms with Gasteiger partial charge in [0, 0.05) is 31.8 Å². The number of hydrogen-bond donors (Lipinski definition) is 4. The van der Waals surface area contributed by atoms with Crippen LogP contribution in [0.3, 0.4) is 0 Å². The summed E-state index contributed by atoms with van der Waals surface area (Å²) in [6.07, 6.45) is -3.88. The van der Waals surface area contributed by atoms with Gasteiger partial charge in [0.2, 0.25) is 11.7 Å². The number of aliphatic hydroxyl groups is 1. The van der Waals surface area contributed by atoms with Gasteiger partial charge >= 0.3 is 12.2 Å². The smallest absolute Gasteiger partial charge is 0.490 e. The molecule has 1 aromatic carbocycles. The number of nitrogens with one attached hydrogen (secondary N) is 3. The Hall–Kier alpha value is -3.40. The van der Waals surface area contributed by atoms with Crippen LogP contribution in [0.1, 0.15) is 12.8 Å². The molecule has 202 valence electrons. The van der Waals surface area contributed by atoms with Gasteiger partial charge in [0.15, 0.2) is 11.6 Å². The van der Waals surface area contributed by atoms with E-state index in [4.69, 9.17) is 4.74 Å². The Kier molecular flexibility index (Phi) is 10.5. The lowest BCUT2D eigenvalue weighted by atomic mass is 10.1. The standard InChI is InChI=1S/C20H26F5N5O6/c1-26-17(30(33)34)9-27-8-12(11-31)28-18(32)10-29-4-2-13(3-5-29)35-14-6-15(21)19(16(22)7-14)36-20(23,24)25/h6-7,9,12-13,26-27,31H,2-5,8,10-11H2,1H3,(H,28,32)/b17-9+. The van der Waals surface area contributed by atoms with Gasteiger partial charge in [-0.1, -0.05) is 0 Å². The summed E-state index contributed by atoms with van der Waals surface area (Å²) in [5.41, 5.74) is 0. The molecule has 1 atom stereocenters. The molecule has 36 heavy (non-hydrogen) atoms. The van der Waals surface area contributed by atoms with E-state index in [1.165, 1.54) is 7.05 Å². The van der Waals surface area contributed by atoms with Crippen molar-refractivity contribution in [2.75, 3.05) is 39.8 Å². The van der Waals surface area contributed by atoms with E-state index in [1.807, 2.05) is 0 Å². The average molecular weight is 527 g/mol. The number of nitro groups is 1. The fraction of sp³-hybridized carbons (Fsp3) is 0.550. The van der Waals surface area contributed by atoms with Crippen LogP contribution in [0, 0.1) is 21.7 Å². The molecule has 1 fully saturated rings. The maximum atomic E-state index is 13.8. The zero-order chi connectivity index (χ0) is 26.9. The number of benzene rings is 1. The molecular weight excluding hydrogens is 501 g/mol. The van der Waals surface area contributed by atoms with Gasteiger partial charge in [0.25, 0.3) is 0 Å². The second-order valence-corrected chi connectivity index (χ2v) is 7.75. The van der Waals surface area contributed by atoms with E-state index in [2.05, 4.69) is 20.7 Å². The Labute approximate surface area is 202 Å². The summed E-state index contributed by atoms with van der Waals surface area (Å²) in [6.45, 7) is 0.393. The maximum absolute atomic E-state index is 13.8. The van der Waals surface area contributed by atoms with Crippen LogP contribution in [-0.4, -0.2) is 79.2 Å². The topological polar surface area (TPSA) is 138 Å². The molecule has 0 saturated carbocycles. The molecule has 16 heteroatoms. The summed E-state index contributed by atoms with van der Waals surface area (Å²) in [4.78, 5) is 24.1. The number of ether oxygens (including phenoxy) is 2. The van der Waals surface area contributed by atoms with Crippen molar-refractivity contribution in [3.05, 3.63) is 45.9 Å². The van der Waals surface area contributed by atoms with Crippen LogP contribution in [0.25, 0.3) is 0 Å². The SMILES string of the molecule is CN/C(=C\NCC(CO)NC(=O)CN1CCC(Oc2cc(F)c(OC(F)(F)F)c(F)c2)CC1)[N+](=O)[O-]. The number of aliphatic hydroxyl groups excluding tert-OH is 1. The predicted octanol–water partition coefficient (Wildman–Crippen LogP) is 1.07. The number of carbonyl (C=O) groups excluding carboxylic acids is 1. The van der Waals surface area contributed by atoms with Crippen molar-refractivity contribution in [2.24, 2.45) is 0 Å².